The second-order valence-electron chi connectivity index (χ2n) is 3.31. The summed E-state index contributed by atoms with van der Waals surface area (Å²) in [5, 5.41) is 0. The van der Waals surface area contributed by atoms with E-state index in [4.69, 9.17) is 10.5 Å². The molecule has 0 saturated carbocycles. The highest BCUT2D eigenvalue weighted by molar-refractivity contribution is 9.10. The predicted octanol–water partition coefficient (Wildman–Crippen LogP) is 1.72. The summed E-state index contributed by atoms with van der Waals surface area (Å²) in [5.74, 6) is 0.389. The molecular formula is C11H14BrNO3. The number of carbonyl (C=O) groups is 1. The third-order valence-electron chi connectivity index (χ3n) is 1.92. The molecule has 0 saturated heterocycles. The van der Waals surface area contributed by atoms with Gasteiger partial charge < -0.3 is 15.2 Å². The Hall–Kier alpha value is -1.07. The summed E-state index contributed by atoms with van der Waals surface area (Å²) in [4.78, 5) is 10.9. The maximum Gasteiger partial charge on any atom is 0.307 e. The smallest absolute Gasteiger partial charge is 0.307 e. The molecule has 0 spiro atoms. The Morgan fingerprint density at radius 1 is 1.56 bits per heavy atom. The van der Waals surface area contributed by atoms with Gasteiger partial charge in [0.05, 0.1) is 13.5 Å². The average molecular weight is 288 g/mol. The zero-order valence-corrected chi connectivity index (χ0v) is 10.6. The van der Waals surface area contributed by atoms with Gasteiger partial charge in [0.1, 0.15) is 12.4 Å². The third kappa shape index (κ3) is 4.63. The number of nitrogens with two attached hydrogens (primary N) is 1. The Kier molecular flexibility index (Phi) is 5.28. The van der Waals surface area contributed by atoms with E-state index < -0.39 is 0 Å². The van der Waals surface area contributed by atoms with E-state index in [2.05, 4.69) is 20.7 Å². The summed E-state index contributed by atoms with van der Waals surface area (Å²) < 4.78 is 10.9. The van der Waals surface area contributed by atoms with E-state index in [1.54, 1.807) is 0 Å². The molecule has 0 amide bonds. The number of benzene rings is 1. The highest BCUT2D eigenvalue weighted by Crippen LogP contribution is 2.17. The van der Waals surface area contributed by atoms with E-state index in [9.17, 15) is 4.79 Å². The van der Waals surface area contributed by atoms with Crippen LogP contribution < -0.4 is 10.5 Å². The van der Waals surface area contributed by atoms with Crippen molar-refractivity contribution >= 4 is 21.9 Å². The summed E-state index contributed by atoms with van der Waals surface area (Å²) in [6.07, 6.45) is 0.157. The molecule has 0 fully saturated rings. The summed E-state index contributed by atoms with van der Waals surface area (Å²) in [5.41, 5.74) is 5.70. The second-order valence-corrected chi connectivity index (χ2v) is 4.22. The van der Waals surface area contributed by atoms with Gasteiger partial charge in [0.25, 0.3) is 0 Å². The molecule has 5 heteroatoms. The van der Waals surface area contributed by atoms with Crippen molar-refractivity contribution in [3.8, 4) is 5.75 Å². The molecular weight excluding hydrogens is 274 g/mol. The van der Waals surface area contributed by atoms with Crippen molar-refractivity contribution in [2.24, 2.45) is 5.73 Å². The highest BCUT2D eigenvalue weighted by atomic mass is 79.9. The molecule has 0 heterocycles. The number of esters is 1. The Bertz CT molecular complexity index is 357. The Morgan fingerprint density at radius 2 is 2.31 bits per heavy atom. The molecule has 88 valence electrons. The summed E-state index contributed by atoms with van der Waals surface area (Å²) in [7, 11) is 1.34. The zero-order chi connectivity index (χ0) is 12.0. The molecule has 0 aliphatic heterocycles. The standard InChI is InChI=1S/C11H14BrNO3/c1-15-11(14)6-9(13)7-16-10-4-2-3-8(12)5-10/h2-5,9H,6-7,13H2,1H3. The Labute approximate surface area is 103 Å². The first-order valence-electron chi connectivity index (χ1n) is 4.82. The highest BCUT2D eigenvalue weighted by Gasteiger charge is 2.10. The molecule has 2 N–H and O–H groups in total. The van der Waals surface area contributed by atoms with Gasteiger partial charge in [-0.2, -0.15) is 0 Å². The monoisotopic (exact) mass is 287 g/mol. The van der Waals surface area contributed by atoms with Gasteiger partial charge in [-0.1, -0.05) is 22.0 Å². The molecule has 0 bridgehead atoms. The lowest BCUT2D eigenvalue weighted by Gasteiger charge is -2.12. The van der Waals surface area contributed by atoms with Gasteiger partial charge in [-0.3, -0.25) is 4.79 Å². The van der Waals surface area contributed by atoms with Gasteiger partial charge in [-0.25, -0.2) is 0 Å². The molecule has 1 unspecified atom stereocenters. The lowest BCUT2D eigenvalue weighted by molar-refractivity contribution is -0.141. The van der Waals surface area contributed by atoms with Gasteiger partial charge in [0.2, 0.25) is 0 Å². The predicted molar refractivity (Wildman–Crippen MR) is 64.2 cm³/mol. The average Bonchev–Trinajstić information content (AvgIpc) is 2.26. The summed E-state index contributed by atoms with van der Waals surface area (Å²) in [6, 6.07) is 7.08. The fraction of sp³-hybridized carbons (Fsp3) is 0.364. The van der Waals surface area contributed by atoms with Crippen molar-refractivity contribution in [1.29, 1.82) is 0 Å². The molecule has 0 aromatic heterocycles. The number of carbonyl (C=O) groups excluding carboxylic acids is 1. The first kappa shape index (κ1) is 13.0. The van der Waals surface area contributed by atoms with Crippen LogP contribution in [-0.4, -0.2) is 25.7 Å². The van der Waals surface area contributed by atoms with Crippen molar-refractivity contribution in [1.82, 2.24) is 0 Å². The van der Waals surface area contributed by atoms with Crippen LogP contribution in [0.4, 0.5) is 0 Å². The molecule has 1 aromatic rings. The van der Waals surface area contributed by atoms with Crippen LogP contribution in [0.5, 0.6) is 5.75 Å². The molecule has 0 aliphatic carbocycles. The molecule has 1 atom stereocenters. The van der Waals surface area contributed by atoms with E-state index in [-0.39, 0.29) is 25.0 Å². The van der Waals surface area contributed by atoms with Gasteiger partial charge >= 0.3 is 5.97 Å². The molecule has 16 heavy (non-hydrogen) atoms. The van der Waals surface area contributed by atoms with Crippen LogP contribution in [0.3, 0.4) is 0 Å². The minimum Gasteiger partial charge on any atom is -0.492 e. The van der Waals surface area contributed by atoms with Crippen LogP contribution >= 0.6 is 15.9 Å². The van der Waals surface area contributed by atoms with Gasteiger partial charge in [0, 0.05) is 10.5 Å². The van der Waals surface area contributed by atoms with Gasteiger partial charge in [-0.15, -0.1) is 0 Å². The van der Waals surface area contributed by atoms with Crippen molar-refractivity contribution in [3.05, 3.63) is 28.7 Å². The van der Waals surface area contributed by atoms with E-state index in [1.165, 1.54) is 7.11 Å². The summed E-state index contributed by atoms with van der Waals surface area (Å²) >= 11 is 3.34. The first-order chi connectivity index (χ1) is 7.61. The van der Waals surface area contributed by atoms with E-state index in [1.807, 2.05) is 24.3 Å². The molecule has 0 aliphatic rings. The van der Waals surface area contributed by atoms with Crippen LogP contribution in [-0.2, 0) is 9.53 Å². The van der Waals surface area contributed by atoms with Gasteiger partial charge in [-0.05, 0) is 18.2 Å². The van der Waals surface area contributed by atoms with E-state index in [0.717, 1.165) is 10.2 Å². The number of hydrogen-bond acceptors (Lipinski definition) is 4. The number of ether oxygens (including phenoxy) is 2. The molecule has 0 radical (unpaired) electrons. The second kappa shape index (κ2) is 6.50. The first-order valence-corrected chi connectivity index (χ1v) is 5.62. The van der Waals surface area contributed by atoms with Crippen molar-refractivity contribution in [2.45, 2.75) is 12.5 Å². The Morgan fingerprint density at radius 3 is 2.94 bits per heavy atom. The van der Waals surface area contributed by atoms with Crippen LogP contribution in [0, 0.1) is 0 Å². The van der Waals surface area contributed by atoms with Crippen LogP contribution in [0.25, 0.3) is 0 Å². The largest absolute Gasteiger partial charge is 0.492 e. The maximum atomic E-state index is 10.9. The van der Waals surface area contributed by atoms with Crippen molar-refractivity contribution in [3.63, 3.8) is 0 Å². The molecule has 1 aromatic carbocycles. The topological polar surface area (TPSA) is 61.5 Å². The van der Waals surface area contributed by atoms with Crippen molar-refractivity contribution < 1.29 is 14.3 Å². The number of methoxy groups -OCH3 is 1. The zero-order valence-electron chi connectivity index (χ0n) is 8.98. The quantitative estimate of drug-likeness (QED) is 0.838. The van der Waals surface area contributed by atoms with E-state index >= 15 is 0 Å². The number of rotatable bonds is 5. The number of hydrogen-bond donors (Lipinski definition) is 1. The van der Waals surface area contributed by atoms with Crippen LogP contribution in [0.15, 0.2) is 28.7 Å². The normalized spacial score (nSPS) is 11.9. The SMILES string of the molecule is COC(=O)CC(N)COc1cccc(Br)c1. The van der Waals surface area contributed by atoms with Crippen LogP contribution in [0.1, 0.15) is 6.42 Å². The minimum absolute atomic E-state index is 0.157. The van der Waals surface area contributed by atoms with Gasteiger partial charge in [0.15, 0.2) is 0 Å². The maximum absolute atomic E-state index is 10.9. The van der Waals surface area contributed by atoms with Crippen LogP contribution in [0.2, 0.25) is 0 Å². The molecule has 1 rings (SSSR count). The van der Waals surface area contributed by atoms with Crippen molar-refractivity contribution in [2.75, 3.05) is 13.7 Å². The fourth-order valence-corrected chi connectivity index (χ4v) is 1.49. The third-order valence-corrected chi connectivity index (χ3v) is 2.41. The fourth-order valence-electron chi connectivity index (χ4n) is 1.12. The van der Waals surface area contributed by atoms with E-state index in [0.29, 0.717) is 0 Å². The lowest BCUT2D eigenvalue weighted by Crippen LogP contribution is -2.30. The minimum atomic E-state index is -0.355. The Balaban J connectivity index is 2.37. The summed E-state index contributed by atoms with van der Waals surface area (Å²) in [6.45, 7) is 0.283. The number of halogens is 1. The molecule has 4 nitrogen and oxygen atoms in total. The lowest BCUT2D eigenvalue weighted by atomic mass is 10.2.